The first-order chi connectivity index (χ1) is 14.1. The van der Waals surface area contributed by atoms with Crippen LogP contribution in [0.3, 0.4) is 0 Å². The van der Waals surface area contributed by atoms with Crippen molar-refractivity contribution in [3.05, 3.63) is 65.9 Å². The summed E-state index contributed by atoms with van der Waals surface area (Å²) in [6, 6.07) is 9.73. The quantitative estimate of drug-likeness (QED) is 0.645. The number of likely N-dealkylation sites (N-methyl/N-ethyl adjacent to an activating group) is 1. The summed E-state index contributed by atoms with van der Waals surface area (Å²) in [6.45, 7) is 0.932. The second-order valence-electron chi connectivity index (χ2n) is 7.94. The highest BCUT2D eigenvalue weighted by Crippen LogP contribution is 2.30. The topological polar surface area (TPSA) is 68.1 Å². The van der Waals surface area contributed by atoms with Crippen molar-refractivity contribution >= 4 is 17.5 Å². The first-order valence-electron chi connectivity index (χ1n) is 9.97. The monoisotopic (exact) mass is 386 g/mol. The van der Waals surface area contributed by atoms with Gasteiger partial charge in [0, 0.05) is 61.7 Å². The molecule has 1 amide bonds. The second-order valence-corrected chi connectivity index (χ2v) is 7.94. The van der Waals surface area contributed by atoms with Crippen molar-refractivity contribution in [1.29, 1.82) is 0 Å². The molecule has 3 aromatic rings. The first-order valence-corrected chi connectivity index (χ1v) is 9.97. The second kappa shape index (κ2) is 6.95. The van der Waals surface area contributed by atoms with E-state index in [4.69, 9.17) is 0 Å². The van der Waals surface area contributed by atoms with Gasteiger partial charge in [-0.3, -0.25) is 14.5 Å². The Morgan fingerprint density at radius 2 is 2.10 bits per heavy atom. The average molecular weight is 386 g/mol. The van der Waals surface area contributed by atoms with Gasteiger partial charge in [0.1, 0.15) is 11.6 Å². The number of pyridine rings is 1. The van der Waals surface area contributed by atoms with E-state index in [0.717, 1.165) is 53.3 Å². The van der Waals surface area contributed by atoms with Crippen LogP contribution >= 0.6 is 0 Å². The summed E-state index contributed by atoms with van der Waals surface area (Å²) < 4.78 is 2.17. The van der Waals surface area contributed by atoms with Crippen LogP contribution in [0.1, 0.15) is 34.6 Å². The van der Waals surface area contributed by atoms with Gasteiger partial charge in [0.05, 0.1) is 6.42 Å². The zero-order valence-electron chi connectivity index (χ0n) is 16.3. The van der Waals surface area contributed by atoms with Crippen LogP contribution in [0.25, 0.3) is 11.1 Å². The normalized spacial score (nSPS) is 17.9. The summed E-state index contributed by atoms with van der Waals surface area (Å²) in [5, 5.41) is 0. The number of carbonyl (C=O) groups excluding carboxylic acids is 2. The van der Waals surface area contributed by atoms with Gasteiger partial charge < -0.3 is 4.57 Å². The van der Waals surface area contributed by atoms with E-state index in [2.05, 4.69) is 14.5 Å². The fraction of sp³-hybridized carbons (Fsp3) is 0.304. The molecule has 4 heterocycles. The number of ketones is 1. The van der Waals surface area contributed by atoms with Crippen molar-refractivity contribution in [2.24, 2.45) is 5.92 Å². The van der Waals surface area contributed by atoms with Crippen LogP contribution < -0.4 is 4.90 Å². The van der Waals surface area contributed by atoms with E-state index in [-0.39, 0.29) is 11.7 Å². The highest BCUT2D eigenvalue weighted by atomic mass is 16.2. The molecule has 0 spiro atoms. The van der Waals surface area contributed by atoms with Crippen molar-refractivity contribution in [3.63, 3.8) is 0 Å². The lowest BCUT2D eigenvalue weighted by molar-refractivity contribution is -0.117. The van der Waals surface area contributed by atoms with E-state index in [9.17, 15) is 9.59 Å². The van der Waals surface area contributed by atoms with Crippen molar-refractivity contribution in [2.75, 3.05) is 11.9 Å². The lowest BCUT2D eigenvalue weighted by atomic mass is 9.89. The first kappa shape index (κ1) is 17.8. The summed E-state index contributed by atoms with van der Waals surface area (Å²) in [5.74, 6) is 2.36. The van der Waals surface area contributed by atoms with E-state index in [0.29, 0.717) is 18.8 Å². The molecule has 2 aliphatic heterocycles. The number of rotatable bonds is 4. The van der Waals surface area contributed by atoms with Crippen LogP contribution in [-0.2, 0) is 24.2 Å². The molecule has 6 nitrogen and oxygen atoms in total. The number of hydrogen-bond acceptors (Lipinski definition) is 4. The Labute approximate surface area is 169 Å². The standard InChI is InChI=1S/C23H22N4O2/c1-26-22(29)13-18-12-19(14-25-23(18)26)16-3-2-4-17(11-16)20(28)9-15-5-7-27-8-6-24-21(27)10-15/h2-4,6,8,11-12,14-15H,5,7,9-10,13H2,1H3. The lowest BCUT2D eigenvalue weighted by Gasteiger charge is -2.22. The number of amides is 1. The Hall–Kier alpha value is -3.28. The average Bonchev–Trinajstić information content (AvgIpc) is 3.31. The van der Waals surface area contributed by atoms with Crippen molar-refractivity contribution in [1.82, 2.24) is 14.5 Å². The SMILES string of the molecule is CN1C(=O)Cc2cc(-c3cccc(C(=O)CC4CCn5ccnc5C4)c3)cnc21. The number of carbonyl (C=O) groups is 2. The summed E-state index contributed by atoms with van der Waals surface area (Å²) in [4.78, 5) is 35.3. The summed E-state index contributed by atoms with van der Waals surface area (Å²) in [6.07, 6.45) is 8.39. The number of hydrogen-bond donors (Lipinski definition) is 0. The van der Waals surface area contributed by atoms with Crippen LogP contribution in [0.15, 0.2) is 48.9 Å². The maximum absolute atomic E-state index is 12.9. The highest BCUT2D eigenvalue weighted by molar-refractivity contribution is 6.00. The minimum absolute atomic E-state index is 0.0571. The number of aryl methyl sites for hydroxylation is 1. The van der Waals surface area contributed by atoms with Crippen LogP contribution in [0.5, 0.6) is 0 Å². The molecule has 0 fully saturated rings. The molecule has 5 rings (SSSR count). The van der Waals surface area contributed by atoms with Gasteiger partial charge >= 0.3 is 0 Å². The fourth-order valence-corrected chi connectivity index (χ4v) is 4.33. The van der Waals surface area contributed by atoms with Gasteiger partial charge in [0.15, 0.2) is 5.78 Å². The number of fused-ring (bicyclic) bond motifs is 2. The Morgan fingerprint density at radius 1 is 1.21 bits per heavy atom. The summed E-state index contributed by atoms with van der Waals surface area (Å²) in [7, 11) is 1.75. The van der Waals surface area contributed by atoms with Crippen molar-refractivity contribution in [2.45, 2.75) is 32.2 Å². The molecule has 2 aromatic heterocycles. The molecule has 0 N–H and O–H groups in total. The fourth-order valence-electron chi connectivity index (χ4n) is 4.33. The van der Waals surface area contributed by atoms with E-state index in [1.807, 2.05) is 42.7 Å². The molecular weight excluding hydrogens is 364 g/mol. The third-order valence-electron chi connectivity index (χ3n) is 6.02. The van der Waals surface area contributed by atoms with Gasteiger partial charge in [-0.1, -0.05) is 18.2 Å². The molecule has 1 atom stereocenters. The van der Waals surface area contributed by atoms with Gasteiger partial charge in [-0.2, -0.15) is 0 Å². The lowest BCUT2D eigenvalue weighted by Crippen LogP contribution is -2.21. The summed E-state index contributed by atoms with van der Waals surface area (Å²) in [5.41, 5.74) is 3.54. The van der Waals surface area contributed by atoms with E-state index >= 15 is 0 Å². The van der Waals surface area contributed by atoms with Crippen LogP contribution in [0.4, 0.5) is 5.82 Å². The molecule has 0 saturated carbocycles. The predicted molar refractivity (Wildman–Crippen MR) is 110 cm³/mol. The molecule has 6 heteroatoms. The van der Waals surface area contributed by atoms with E-state index < -0.39 is 0 Å². The Morgan fingerprint density at radius 3 is 3.00 bits per heavy atom. The smallest absolute Gasteiger partial charge is 0.232 e. The molecule has 29 heavy (non-hydrogen) atoms. The number of nitrogens with zero attached hydrogens (tertiary/aromatic N) is 4. The zero-order chi connectivity index (χ0) is 20.0. The minimum Gasteiger partial charge on any atom is -0.335 e. The Balaban J connectivity index is 1.34. The Bertz CT molecular complexity index is 1120. The number of anilines is 1. The molecule has 1 aromatic carbocycles. The van der Waals surface area contributed by atoms with Gasteiger partial charge in [-0.15, -0.1) is 0 Å². The molecule has 0 aliphatic carbocycles. The third-order valence-corrected chi connectivity index (χ3v) is 6.02. The van der Waals surface area contributed by atoms with Gasteiger partial charge in [-0.25, -0.2) is 9.97 Å². The number of imidazole rings is 1. The molecule has 146 valence electrons. The van der Waals surface area contributed by atoms with Gasteiger partial charge in [0.25, 0.3) is 0 Å². The van der Waals surface area contributed by atoms with Crippen molar-refractivity contribution in [3.8, 4) is 11.1 Å². The van der Waals surface area contributed by atoms with Crippen molar-refractivity contribution < 1.29 is 9.59 Å². The molecule has 0 radical (unpaired) electrons. The molecular formula is C23H22N4O2. The number of Topliss-reactive ketones (excluding diaryl/α,β-unsaturated/α-hetero) is 1. The zero-order valence-corrected chi connectivity index (χ0v) is 16.3. The van der Waals surface area contributed by atoms with Gasteiger partial charge in [0.2, 0.25) is 5.91 Å². The maximum Gasteiger partial charge on any atom is 0.232 e. The predicted octanol–water partition coefficient (Wildman–Crippen LogP) is 3.30. The maximum atomic E-state index is 12.9. The molecule has 2 aliphatic rings. The number of benzene rings is 1. The van der Waals surface area contributed by atoms with Crippen LogP contribution in [-0.4, -0.2) is 33.3 Å². The Kier molecular flexibility index (Phi) is 4.27. The molecule has 0 saturated heterocycles. The van der Waals surface area contributed by atoms with E-state index in [1.54, 1.807) is 18.1 Å². The molecule has 0 bridgehead atoms. The van der Waals surface area contributed by atoms with Gasteiger partial charge in [-0.05, 0) is 30.0 Å². The minimum atomic E-state index is 0.0571. The van der Waals surface area contributed by atoms with Crippen LogP contribution in [0.2, 0.25) is 0 Å². The van der Waals surface area contributed by atoms with Crippen LogP contribution in [0, 0.1) is 5.92 Å². The summed E-state index contributed by atoms with van der Waals surface area (Å²) >= 11 is 0. The number of aromatic nitrogens is 3. The largest absolute Gasteiger partial charge is 0.335 e. The highest BCUT2D eigenvalue weighted by Gasteiger charge is 2.26. The van der Waals surface area contributed by atoms with E-state index in [1.165, 1.54) is 0 Å². The third kappa shape index (κ3) is 3.24. The molecule has 1 unspecified atom stereocenters.